The first-order valence-electron chi connectivity index (χ1n) is 11.9. The maximum absolute atomic E-state index is 12.9. The number of amides is 1. The summed E-state index contributed by atoms with van der Waals surface area (Å²) in [5.74, 6) is 0.493. The smallest absolute Gasteiger partial charge is 0.410 e. The van der Waals surface area contributed by atoms with Crippen LogP contribution in [0.15, 0.2) is 60.7 Å². The van der Waals surface area contributed by atoms with Gasteiger partial charge in [0.1, 0.15) is 19.3 Å². The van der Waals surface area contributed by atoms with Crippen LogP contribution in [0, 0.1) is 10.1 Å². The van der Waals surface area contributed by atoms with Crippen molar-refractivity contribution in [3.63, 3.8) is 0 Å². The lowest BCUT2D eigenvalue weighted by Gasteiger charge is -2.33. The van der Waals surface area contributed by atoms with Gasteiger partial charge >= 0.3 is 6.09 Å². The number of hydrogen-bond donors (Lipinski definition) is 1. The molecule has 2 aromatic carbocycles. The Bertz CT molecular complexity index is 948. The van der Waals surface area contributed by atoms with Gasteiger partial charge in [-0.1, -0.05) is 60.7 Å². The van der Waals surface area contributed by atoms with Crippen molar-refractivity contribution in [2.45, 2.75) is 62.3 Å². The Kier molecular flexibility index (Phi) is 7.80. The lowest BCUT2D eigenvalue weighted by molar-refractivity contribution is -0.576. The Balaban J connectivity index is 1.37. The quantitative estimate of drug-likeness (QED) is 0.461. The van der Waals surface area contributed by atoms with Crippen molar-refractivity contribution in [1.82, 2.24) is 4.90 Å². The number of rotatable bonds is 8. The average molecular weight is 469 g/mol. The Morgan fingerprint density at radius 1 is 1.06 bits per heavy atom. The molecule has 1 amide bonds. The molecule has 182 valence electrons. The average Bonchev–Trinajstić information content (AvgIpc) is 3.27. The van der Waals surface area contributed by atoms with E-state index in [1.165, 1.54) is 10.5 Å². The SMILES string of the molecule is O=C(OCc1ccccc1)N1CCC(CO)([N+](=O)[O-])C1COC1CCC(c2ccccc2)CC1. The van der Waals surface area contributed by atoms with E-state index in [1.807, 2.05) is 36.4 Å². The molecule has 2 aromatic rings. The number of nitrogens with zero attached hydrogens (tertiary/aromatic N) is 2. The molecular formula is C26H32N2O6. The number of carbonyl (C=O) groups excluding carboxylic acids is 1. The summed E-state index contributed by atoms with van der Waals surface area (Å²) >= 11 is 0. The minimum absolute atomic E-state index is 0.00263. The molecule has 34 heavy (non-hydrogen) atoms. The van der Waals surface area contributed by atoms with Crippen LogP contribution >= 0.6 is 0 Å². The van der Waals surface area contributed by atoms with Crippen molar-refractivity contribution in [3.05, 3.63) is 81.9 Å². The predicted molar refractivity (Wildman–Crippen MR) is 126 cm³/mol. The maximum atomic E-state index is 12.9. The van der Waals surface area contributed by atoms with Crippen molar-refractivity contribution in [1.29, 1.82) is 0 Å². The van der Waals surface area contributed by atoms with Crippen LogP contribution in [0.4, 0.5) is 4.79 Å². The zero-order valence-corrected chi connectivity index (χ0v) is 19.3. The van der Waals surface area contributed by atoms with Gasteiger partial charge in [-0.25, -0.2) is 4.79 Å². The lowest BCUT2D eigenvalue weighted by Crippen LogP contribution is -2.56. The van der Waals surface area contributed by atoms with Crippen LogP contribution in [0.2, 0.25) is 0 Å². The summed E-state index contributed by atoms with van der Waals surface area (Å²) in [6.45, 7) is -0.429. The molecule has 0 spiro atoms. The van der Waals surface area contributed by atoms with Crippen LogP contribution in [0.25, 0.3) is 0 Å². The van der Waals surface area contributed by atoms with Crippen LogP contribution in [0.5, 0.6) is 0 Å². The fraction of sp³-hybridized carbons (Fsp3) is 0.500. The minimum Gasteiger partial charge on any atom is -0.445 e. The number of benzene rings is 2. The Hall–Kier alpha value is -2.97. The van der Waals surface area contributed by atoms with Crippen molar-refractivity contribution in [2.24, 2.45) is 0 Å². The van der Waals surface area contributed by atoms with E-state index in [1.54, 1.807) is 0 Å². The largest absolute Gasteiger partial charge is 0.445 e. The molecule has 8 heteroatoms. The third-order valence-electron chi connectivity index (χ3n) is 7.29. The van der Waals surface area contributed by atoms with E-state index in [9.17, 15) is 20.0 Å². The highest BCUT2D eigenvalue weighted by Gasteiger charge is 2.59. The first kappa shape index (κ1) is 24.2. The van der Waals surface area contributed by atoms with Gasteiger partial charge in [0.05, 0.1) is 12.7 Å². The van der Waals surface area contributed by atoms with Gasteiger partial charge in [-0.15, -0.1) is 0 Å². The summed E-state index contributed by atoms with van der Waals surface area (Å²) in [4.78, 5) is 25.7. The first-order valence-corrected chi connectivity index (χ1v) is 11.9. The van der Waals surface area contributed by atoms with E-state index in [0.717, 1.165) is 31.2 Å². The monoisotopic (exact) mass is 468 g/mol. The third kappa shape index (κ3) is 5.23. The second-order valence-corrected chi connectivity index (χ2v) is 9.24. The molecule has 1 heterocycles. The van der Waals surface area contributed by atoms with Crippen LogP contribution in [0.3, 0.4) is 0 Å². The second kappa shape index (κ2) is 11.0. The van der Waals surface area contributed by atoms with Gasteiger partial charge in [0.25, 0.3) is 5.54 Å². The van der Waals surface area contributed by atoms with Gasteiger partial charge < -0.3 is 14.6 Å². The highest BCUT2D eigenvalue weighted by atomic mass is 16.6. The number of aliphatic hydroxyl groups is 1. The van der Waals surface area contributed by atoms with E-state index in [0.29, 0.717) is 5.92 Å². The Labute approximate surface area is 199 Å². The van der Waals surface area contributed by atoms with Gasteiger partial charge in [-0.2, -0.15) is 0 Å². The molecular weight excluding hydrogens is 436 g/mol. The number of likely N-dealkylation sites (tertiary alicyclic amines) is 1. The fourth-order valence-electron chi connectivity index (χ4n) is 5.16. The van der Waals surface area contributed by atoms with Gasteiger partial charge in [0.15, 0.2) is 0 Å². The Morgan fingerprint density at radius 3 is 2.32 bits per heavy atom. The molecule has 4 rings (SSSR count). The molecule has 2 fully saturated rings. The zero-order valence-electron chi connectivity index (χ0n) is 19.3. The molecule has 0 aromatic heterocycles. The Morgan fingerprint density at radius 2 is 1.71 bits per heavy atom. The molecule has 8 nitrogen and oxygen atoms in total. The summed E-state index contributed by atoms with van der Waals surface area (Å²) in [7, 11) is 0. The van der Waals surface area contributed by atoms with Gasteiger partial charge in [-0.3, -0.25) is 15.0 Å². The molecule has 1 aliphatic heterocycles. The standard InChI is InChI=1S/C26H32N2O6/c29-19-26(28(31)32)15-16-27(25(30)34-17-20-7-3-1-4-8-20)24(26)18-33-23-13-11-22(12-14-23)21-9-5-2-6-10-21/h1-10,22-24,29H,11-19H2. The summed E-state index contributed by atoms with van der Waals surface area (Å²) in [5, 5.41) is 22.0. The van der Waals surface area contributed by atoms with Gasteiger partial charge in [0.2, 0.25) is 0 Å². The van der Waals surface area contributed by atoms with Crippen molar-refractivity contribution in [3.8, 4) is 0 Å². The minimum atomic E-state index is -1.65. The topological polar surface area (TPSA) is 102 Å². The van der Waals surface area contributed by atoms with Crippen LogP contribution in [-0.2, 0) is 16.1 Å². The van der Waals surface area contributed by atoms with E-state index in [4.69, 9.17) is 9.47 Å². The predicted octanol–water partition coefficient (Wildman–Crippen LogP) is 4.15. The zero-order chi connectivity index (χ0) is 24.0. The molecule has 2 aliphatic rings. The first-order chi connectivity index (χ1) is 16.5. The van der Waals surface area contributed by atoms with Gasteiger partial charge in [0, 0.05) is 17.9 Å². The molecule has 2 atom stereocenters. The van der Waals surface area contributed by atoms with E-state index in [2.05, 4.69) is 24.3 Å². The van der Waals surface area contributed by atoms with Crippen LogP contribution in [0.1, 0.15) is 49.1 Å². The number of carbonyl (C=O) groups is 1. The summed E-state index contributed by atoms with van der Waals surface area (Å²) in [5.41, 5.74) is 0.518. The summed E-state index contributed by atoms with van der Waals surface area (Å²) in [6.07, 6.45) is 3.11. The summed E-state index contributed by atoms with van der Waals surface area (Å²) < 4.78 is 11.6. The van der Waals surface area contributed by atoms with Crippen LogP contribution < -0.4 is 0 Å². The third-order valence-corrected chi connectivity index (χ3v) is 7.29. The van der Waals surface area contributed by atoms with Gasteiger partial charge in [-0.05, 0) is 42.7 Å². The number of hydrogen-bond acceptors (Lipinski definition) is 6. The normalized spacial score (nSPS) is 26.9. The molecule has 1 aliphatic carbocycles. The maximum Gasteiger partial charge on any atom is 0.410 e. The second-order valence-electron chi connectivity index (χ2n) is 9.24. The number of nitro groups is 1. The van der Waals surface area contributed by atoms with Crippen molar-refractivity contribution in [2.75, 3.05) is 19.8 Å². The molecule has 2 unspecified atom stereocenters. The number of ether oxygens (including phenoxy) is 2. The summed E-state index contributed by atoms with van der Waals surface area (Å²) in [6, 6.07) is 18.8. The molecule has 0 radical (unpaired) electrons. The van der Waals surface area contributed by atoms with Crippen molar-refractivity contribution < 1.29 is 24.3 Å². The van der Waals surface area contributed by atoms with E-state index in [-0.39, 0.29) is 32.3 Å². The van der Waals surface area contributed by atoms with Crippen molar-refractivity contribution >= 4 is 6.09 Å². The van der Waals surface area contributed by atoms with E-state index >= 15 is 0 Å². The fourth-order valence-corrected chi connectivity index (χ4v) is 5.16. The highest BCUT2D eigenvalue weighted by Crippen LogP contribution is 2.36. The van der Waals surface area contributed by atoms with Crippen LogP contribution in [-0.4, -0.2) is 58.5 Å². The molecule has 0 bridgehead atoms. The molecule has 1 saturated carbocycles. The highest BCUT2D eigenvalue weighted by molar-refractivity contribution is 5.69. The molecule has 1 N–H and O–H groups in total. The lowest BCUT2D eigenvalue weighted by atomic mass is 9.82. The van der Waals surface area contributed by atoms with E-state index < -0.39 is 29.2 Å². The number of aliphatic hydroxyl groups excluding tert-OH is 1. The molecule has 1 saturated heterocycles.